The van der Waals surface area contributed by atoms with Crippen LogP contribution < -0.4 is 5.73 Å². The van der Waals surface area contributed by atoms with E-state index in [1.807, 2.05) is 50.3 Å². The maximum Gasteiger partial charge on any atom is 0.106 e. The van der Waals surface area contributed by atoms with Gasteiger partial charge in [-0.25, -0.2) is 0 Å². The number of nitrogens with zero attached hydrogens (tertiary/aromatic N) is 3. The van der Waals surface area contributed by atoms with Crippen molar-refractivity contribution in [1.82, 2.24) is 15.0 Å². The van der Waals surface area contributed by atoms with Gasteiger partial charge in [-0.05, 0) is 32.1 Å². The van der Waals surface area contributed by atoms with Crippen LogP contribution in [0.3, 0.4) is 0 Å². The summed E-state index contributed by atoms with van der Waals surface area (Å²) in [5, 5.41) is 8.60. The quantitative estimate of drug-likeness (QED) is 0.874. The molecule has 0 bridgehead atoms. The Morgan fingerprint density at radius 1 is 1.35 bits per heavy atom. The normalized spacial score (nSPS) is 13.7. The molecule has 0 saturated carbocycles. The molecule has 0 aliphatic rings. The topological polar surface area (TPSA) is 56.7 Å². The van der Waals surface area contributed by atoms with E-state index in [4.69, 9.17) is 5.73 Å². The van der Waals surface area contributed by atoms with Crippen molar-refractivity contribution < 1.29 is 0 Å². The minimum atomic E-state index is 0.0388. The highest BCUT2D eigenvalue weighted by Crippen LogP contribution is 2.08. The Kier molecular flexibility index (Phi) is 3.35. The average Bonchev–Trinajstić information content (AvgIpc) is 2.78. The zero-order valence-electron chi connectivity index (χ0n) is 10.0. The molecular formula is C13H16N4. The van der Waals surface area contributed by atoms with E-state index >= 15 is 0 Å². The van der Waals surface area contributed by atoms with E-state index in [0.717, 1.165) is 17.0 Å². The van der Waals surface area contributed by atoms with E-state index in [2.05, 4.69) is 10.2 Å². The van der Waals surface area contributed by atoms with Crippen LogP contribution in [0.4, 0.5) is 0 Å². The van der Waals surface area contributed by atoms with Crippen molar-refractivity contribution >= 4 is 6.08 Å². The molecule has 0 aliphatic carbocycles. The fourth-order valence-electron chi connectivity index (χ4n) is 1.39. The first kappa shape index (κ1) is 11.5. The molecular weight excluding hydrogens is 212 g/mol. The lowest BCUT2D eigenvalue weighted by atomic mass is 10.1. The first-order valence-electron chi connectivity index (χ1n) is 5.58. The third-order valence-corrected chi connectivity index (χ3v) is 2.59. The lowest BCUT2D eigenvalue weighted by Crippen LogP contribution is -2.15. The Labute approximate surface area is 101 Å². The summed E-state index contributed by atoms with van der Waals surface area (Å²) in [6, 6.07) is 9.85. The molecule has 0 fully saturated rings. The van der Waals surface area contributed by atoms with Gasteiger partial charge in [-0.1, -0.05) is 23.8 Å². The third-order valence-electron chi connectivity index (χ3n) is 2.59. The predicted molar refractivity (Wildman–Crippen MR) is 68.7 cm³/mol. The smallest absolute Gasteiger partial charge is 0.106 e. The molecule has 88 valence electrons. The maximum atomic E-state index is 5.78. The summed E-state index contributed by atoms with van der Waals surface area (Å²) in [6.07, 6.45) is 3.69. The van der Waals surface area contributed by atoms with Gasteiger partial charge in [0.1, 0.15) is 5.69 Å². The van der Waals surface area contributed by atoms with Crippen LogP contribution in [0.15, 0.2) is 42.1 Å². The van der Waals surface area contributed by atoms with Crippen LogP contribution in [0.2, 0.25) is 0 Å². The second-order valence-electron chi connectivity index (χ2n) is 4.07. The Bertz CT molecular complexity index is 511. The van der Waals surface area contributed by atoms with E-state index < -0.39 is 0 Å². The van der Waals surface area contributed by atoms with Gasteiger partial charge in [-0.2, -0.15) is 9.90 Å². The van der Waals surface area contributed by atoms with Gasteiger partial charge in [0, 0.05) is 6.04 Å². The summed E-state index contributed by atoms with van der Waals surface area (Å²) in [4.78, 5) is 1.61. The summed E-state index contributed by atoms with van der Waals surface area (Å²) in [6.45, 7) is 3.94. The van der Waals surface area contributed by atoms with E-state index in [0.29, 0.717) is 0 Å². The van der Waals surface area contributed by atoms with Crippen LogP contribution in [-0.4, -0.2) is 21.0 Å². The fourth-order valence-corrected chi connectivity index (χ4v) is 1.39. The van der Waals surface area contributed by atoms with Crippen LogP contribution in [0.5, 0.6) is 0 Å². The Morgan fingerprint density at radius 3 is 2.71 bits per heavy atom. The molecule has 1 atom stereocenters. The van der Waals surface area contributed by atoms with Gasteiger partial charge in [0.15, 0.2) is 0 Å². The van der Waals surface area contributed by atoms with Crippen molar-refractivity contribution in [1.29, 1.82) is 0 Å². The average molecular weight is 228 g/mol. The molecule has 17 heavy (non-hydrogen) atoms. The molecule has 2 N–H and O–H groups in total. The molecule has 1 heterocycles. The monoisotopic (exact) mass is 228 g/mol. The number of nitrogens with two attached hydrogens (primary N) is 1. The molecule has 2 aromatic rings. The number of hydrogen-bond acceptors (Lipinski definition) is 3. The molecule has 0 aliphatic heterocycles. The van der Waals surface area contributed by atoms with E-state index in [-0.39, 0.29) is 6.04 Å². The molecule has 0 radical (unpaired) electrons. The minimum Gasteiger partial charge on any atom is -0.324 e. The van der Waals surface area contributed by atoms with Crippen molar-refractivity contribution in [3.63, 3.8) is 0 Å². The summed E-state index contributed by atoms with van der Waals surface area (Å²) in [7, 11) is 0. The van der Waals surface area contributed by atoms with Gasteiger partial charge < -0.3 is 5.73 Å². The fraction of sp³-hybridized carbons (Fsp3) is 0.231. The highest BCUT2D eigenvalue weighted by molar-refractivity contribution is 5.48. The summed E-state index contributed by atoms with van der Waals surface area (Å²) < 4.78 is 0. The van der Waals surface area contributed by atoms with Gasteiger partial charge in [0.05, 0.1) is 11.9 Å². The molecule has 4 heteroatoms. The largest absolute Gasteiger partial charge is 0.324 e. The lowest BCUT2D eigenvalue weighted by molar-refractivity contribution is 0.750. The second-order valence-corrected chi connectivity index (χ2v) is 4.07. The predicted octanol–water partition coefficient (Wildman–Crippen LogP) is 2.02. The lowest BCUT2D eigenvalue weighted by Gasteiger charge is -2.02. The van der Waals surface area contributed by atoms with Crippen LogP contribution in [0.25, 0.3) is 11.8 Å². The van der Waals surface area contributed by atoms with E-state index in [9.17, 15) is 0 Å². The molecule has 1 unspecified atom stereocenters. The zero-order chi connectivity index (χ0) is 12.3. The van der Waals surface area contributed by atoms with Gasteiger partial charge in [0.2, 0.25) is 0 Å². The zero-order valence-corrected chi connectivity index (χ0v) is 10.0. The first-order chi connectivity index (χ1) is 8.16. The first-order valence-corrected chi connectivity index (χ1v) is 5.58. The van der Waals surface area contributed by atoms with Crippen molar-refractivity contribution in [2.75, 3.05) is 0 Å². The van der Waals surface area contributed by atoms with Crippen molar-refractivity contribution in [2.45, 2.75) is 19.9 Å². The highest BCUT2D eigenvalue weighted by atomic mass is 15.5. The Balaban J connectivity index is 2.26. The van der Waals surface area contributed by atoms with Crippen molar-refractivity contribution in [3.8, 4) is 5.69 Å². The van der Waals surface area contributed by atoms with Crippen LogP contribution in [0.1, 0.15) is 19.5 Å². The number of aromatic nitrogens is 3. The summed E-state index contributed by atoms with van der Waals surface area (Å²) >= 11 is 0. The number of para-hydroxylation sites is 1. The Morgan fingerprint density at radius 2 is 2.06 bits per heavy atom. The Hall–Kier alpha value is -1.94. The maximum absolute atomic E-state index is 5.78. The van der Waals surface area contributed by atoms with Gasteiger partial charge in [-0.15, -0.1) is 5.10 Å². The molecule has 2 rings (SSSR count). The molecule has 1 aromatic heterocycles. The highest BCUT2D eigenvalue weighted by Gasteiger charge is 2.02. The van der Waals surface area contributed by atoms with E-state index in [1.54, 1.807) is 11.0 Å². The second kappa shape index (κ2) is 4.93. The third kappa shape index (κ3) is 2.79. The van der Waals surface area contributed by atoms with Gasteiger partial charge in [0.25, 0.3) is 0 Å². The molecule has 0 saturated heterocycles. The molecule has 1 aromatic carbocycles. The van der Waals surface area contributed by atoms with Crippen molar-refractivity contribution in [3.05, 3.63) is 47.8 Å². The van der Waals surface area contributed by atoms with Crippen LogP contribution >= 0.6 is 0 Å². The molecule has 0 amide bonds. The van der Waals surface area contributed by atoms with E-state index in [1.165, 1.54) is 0 Å². The standard InChI is InChI=1S/C13H16N4/c1-10(11(2)14)8-12-9-15-17(16-12)13-6-4-3-5-7-13/h3-9,11H,14H2,1-2H3/b10-8+. The van der Waals surface area contributed by atoms with Gasteiger partial charge >= 0.3 is 0 Å². The minimum absolute atomic E-state index is 0.0388. The van der Waals surface area contributed by atoms with Gasteiger partial charge in [-0.3, -0.25) is 0 Å². The van der Waals surface area contributed by atoms with Crippen LogP contribution in [0, 0.1) is 0 Å². The number of hydrogen-bond donors (Lipinski definition) is 1. The number of benzene rings is 1. The van der Waals surface area contributed by atoms with Crippen molar-refractivity contribution in [2.24, 2.45) is 5.73 Å². The van der Waals surface area contributed by atoms with Crippen LogP contribution in [-0.2, 0) is 0 Å². The summed E-state index contributed by atoms with van der Waals surface area (Å²) in [5.41, 5.74) is 8.64. The molecule has 4 nitrogen and oxygen atoms in total. The SMILES string of the molecule is C/C(=C\c1cnn(-c2ccccc2)n1)C(C)N. The number of rotatable bonds is 3. The summed E-state index contributed by atoms with van der Waals surface area (Å²) in [5.74, 6) is 0. The molecule has 0 spiro atoms.